The quantitative estimate of drug-likeness (QED) is 0.190. The topological polar surface area (TPSA) is 25.6 Å². The minimum atomic E-state index is 0.835. The fourth-order valence-corrected chi connectivity index (χ4v) is 7.39. The van der Waals surface area contributed by atoms with Crippen molar-refractivity contribution in [3.8, 4) is 44.9 Å². The summed E-state index contributed by atoms with van der Waals surface area (Å²) >= 11 is 0. The molecular formula is C46H29NO2. The zero-order valence-corrected chi connectivity index (χ0v) is 26.5. The molecule has 0 radical (unpaired) electrons. The Kier molecular flexibility index (Phi) is 6.18. The van der Waals surface area contributed by atoms with Crippen LogP contribution in [0.25, 0.3) is 66.1 Å². The van der Waals surface area contributed by atoms with Gasteiger partial charge in [-0.2, -0.15) is 0 Å². The van der Waals surface area contributed by atoms with Gasteiger partial charge in [0.25, 0.3) is 0 Å². The van der Waals surface area contributed by atoms with Crippen molar-refractivity contribution < 1.29 is 9.15 Å². The third-order valence-electron chi connectivity index (χ3n) is 9.65. The third-order valence-corrected chi connectivity index (χ3v) is 9.65. The van der Waals surface area contributed by atoms with Crippen LogP contribution >= 0.6 is 0 Å². The zero-order chi connectivity index (χ0) is 32.3. The van der Waals surface area contributed by atoms with Gasteiger partial charge in [0.1, 0.15) is 22.7 Å². The average molecular weight is 628 g/mol. The van der Waals surface area contributed by atoms with Gasteiger partial charge in [-0.25, -0.2) is 0 Å². The zero-order valence-electron chi connectivity index (χ0n) is 26.5. The van der Waals surface area contributed by atoms with Crippen molar-refractivity contribution in [2.45, 2.75) is 0 Å². The summed E-state index contributed by atoms with van der Waals surface area (Å²) in [4.78, 5) is 2.26. The summed E-state index contributed by atoms with van der Waals surface area (Å²) in [6.45, 7) is 0. The lowest BCUT2D eigenvalue weighted by Crippen LogP contribution is -2.10. The predicted molar refractivity (Wildman–Crippen MR) is 202 cm³/mol. The molecule has 0 saturated heterocycles. The molecule has 0 spiro atoms. The van der Waals surface area contributed by atoms with Crippen LogP contribution in [0.3, 0.4) is 0 Å². The number of hydrogen-bond donors (Lipinski definition) is 0. The summed E-state index contributed by atoms with van der Waals surface area (Å²) in [6.07, 6.45) is 0. The molecule has 3 nitrogen and oxygen atoms in total. The number of benzene rings is 8. The fourth-order valence-electron chi connectivity index (χ4n) is 7.39. The lowest BCUT2D eigenvalue weighted by Gasteiger charge is -2.28. The van der Waals surface area contributed by atoms with Gasteiger partial charge in [-0.15, -0.1) is 0 Å². The van der Waals surface area contributed by atoms with Crippen molar-refractivity contribution in [1.82, 2.24) is 0 Å². The molecule has 0 amide bonds. The molecule has 0 saturated carbocycles. The van der Waals surface area contributed by atoms with Crippen LogP contribution in [-0.4, -0.2) is 0 Å². The van der Waals surface area contributed by atoms with Crippen molar-refractivity contribution in [2.24, 2.45) is 0 Å². The second-order valence-corrected chi connectivity index (χ2v) is 12.5. The number of anilines is 3. The Hall–Kier alpha value is -6.58. The summed E-state index contributed by atoms with van der Waals surface area (Å²) in [5.41, 5.74) is 11.9. The first-order chi connectivity index (χ1) is 24.3. The van der Waals surface area contributed by atoms with Crippen LogP contribution in [0.1, 0.15) is 0 Å². The Morgan fingerprint density at radius 2 is 1.02 bits per heavy atom. The number of hydrogen-bond acceptors (Lipinski definition) is 3. The van der Waals surface area contributed by atoms with Gasteiger partial charge in [0.2, 0.25) is 0 Å². The van der Waals surface area contributed by atoms with E-state index >= 15 is 0 Å². The summed E-state index contributed by atoms with van der Waals surface area (Å²) in [5, 5.41) is 4.55. The van der Waals surface area contributed by atoms with Gasteiger partial charge in [-0.1, -0.05) is 109 Å². The van der Waals surface area contributed by atoms with E-state index in [-0.39, 0.29) is 0 Å². The largest absolute Gasteiger partial charge is 0.456 e. The molecule has 0 N–H and O–H groups in total. The summed E-state index contributed by atoms with van der Waals surface area (Å²) in [6, 6.07) is 61.9. The average Bonchev–Trinajstić information content (AvgIpc) is 3.54. The van der Waals surface area contributed by atoms with Crippen LogP contribution in [0.5, 0.6) is 11.5 Å². The van der Waals surface area contributed by atoms with E-state index in [9.17, 15) is 0 Å². The molecule has 1 aromatic heterocycles. The van der Waals surface area contributed by atoms with Crippen molar-refractivity contribution in [2.75, 3.05) is 4.90 Å². The van der Waals surface area contributed by atoms with Crippen LogP contribution < -0.4 is 9.64 Å². The fraction of sp³-hybridized carbons (Fsp3) is 0. The maximum absolute atomic E-state index is 6.76. The number of rotatable bonds is 5. The molecule has 0 atom stereocenters. The highest BCUT2D eigenvalue weighted by atomic mass is 16.5. The minimum Gasteiger partial charge on any atom is -0.456 e. The smallest absolute Gasteiger partial charge is 0.137 e. The lowest BCUT2D eigenvalue weighted by molar-refractivity contribution is 0.487. The first-order valence-corrected chi connectivity index (χ1v) is 16.6. The number of nitrogens with zero attached hydrogens (tertiary/aromatic N) is 1. The first kappa shape index (κ1) is 27.5. The minimum absolute atomic E-state index is 0.835. The van der Waals surface area contributed by atoms with E-state index in [0.717, 1.165) is 61.4 Å². The molecular weight excluding hydrogens is 599 g/mol. The Labute approximate surface area is 283 Å². The molecule has 9 aromatic rings. The van der Waals surface area contributed by atoms with Gasteiger partial charge in [0, 0.05) is 50.9 Å². The highest BCUT2D eigenvalue weighted by Gasteiger charge is 2.24. The molecule has 2 heterocycles. The van der Waals surface area contributed by atoms with E-state index in [4.69, 9.17) is 9.15 Å². The van der Waals surface area contributed by atoms with Gasteiger partial charge in [0.15, 0.2) is 0 Å². The molecule has 0 aliphatic carbocycles. The summed E-state index contributed by atoms with van der Waals surface area (Å²) < 4.78 is 13.1. The van der Waals surface area contributed by atoms with Crippen LogP contribution in [0.4, 0.5) is 17.1 Å². The van der Waals surface area contributed by atoms with E-state index in [1.807, 2.05) is 18.2 Å². The number of para-hydroxylation sites is 2. The third kappa shape index (κ3) is 4.51. The van der Waals surface area contributed by atoms with Gasteiger partial charge in [-0.3, -0.25) is 0 Å². The van der Waals surface area contributed by atoms with Gasteiger partial charge in [0.05, 0.1) is 0 Å². The van der Waals surface area contributed by atoms with Gasteiger partial charge < -0.3 is 14.1 Å². The van der Waals surface area contributed by atoms with Crippen molar-refractivity contribution in [3.05, 3.63) is 176 Å². The Balaban J connectivity index is 1.09. The van der Waals surface area contributed by atoms with Crippen LogP contribution in [0.15, 0.2) is 180 Å². The van der Waals surface area contributed by atoms with Crippen molar-refractivity contribution in [3.63, 3.8) is 0 Å². The molecule has 3 heteroatoms. The maximum atomic E-state index is 6.76. The molecule has 1 aliphatic rings. The molecule has 230 valence electrons. The molecule has 0 fully saturated rings. The molecule has 10 rings (SSSR count). The second-order valence-electron chi connectivity index (χ2n) is 12.5. The van der Waals surface area contributed by atoms with Crippen molar-refractivity contribution >= 4 is 49.8 Å². The number of ether oxygens (including phenoxy) is 1. The standard InChI is InChI=1S/C46H29NO2/c1-3-11-30(12-4-1)31-13-9-14-32(27-31)36-25-26-43-46-40(36)18-10-19-41(46)39-24-22-35(29-45(39)49-43)47(33-15-5-2-6-16-33)34-21-23-38-37-17-7-8-20-42(37)48-44(38)28-34/h1-29H. The Bertz CT molecular complexity index is 2690. The molecule has 0 unspecified atom stereocenters. The summed E-state index contributed by atoms with van der Waals surface area (Å²) in [5.74, 6) is 1.70. The molecule has 0 bridgehead atoms. The monoisotopic (exact) mass is 627 g/mol. The van der Waals surface area contributed by atoms with E-state index in [1.54, 1.807) is 0 Å². The lowest BCUT2D eigenvalue weighted by atomic mass is 9.89. The molecule has 49 heavy (non-hydrogen) atoms. The summed E-state index contributed by atoms with van der Waals surface area (Å²) in [7, 11) is 0. The van der Waals surface area contributed by atoms with Crippen LogP contribution in [-0.2, 0) is 0 Å². The van der Waals surface area contributed by atoms with E-state index in [1.165, 1.54) is 33.2 Å². The molecule has 1 aliphatic heterocycles. The first-order valence-electron chi connectivity index (χ1n) is 16.6. The van der Waals surface area contributed by atoms with Crippen LogP contribution in [0.2, 0.25) is 0 Å². The van der Waals surface area contributed by atoms with E-state index in [2.05, 4.69) is 163 Å². The normalized spacial score (nSPS) is 11.8. The Morgan fingerprint density at radius 3 is 1.92 bits per heavy atom. The van der Waals surface area contributed by atoms with E-state index < -0.39 is 0 Å². The highest BCUT2D eigenvalue weighted by molar-refractivity contribution is 6.10. The van der Waals surface area contributed by atoms with E-state index in [0.29, 0.717) is 0 Å². The maximum Gasteiger partial charge on any atom is 0.137 e. The van der Waals surface area contributed by atoms with Crippen LogP contribution in [0, 0.1) is 0 Å². The number of furan rings is 1. The SMILES string of the molecule is c1ccc(-c2cccc(-c3ccc4c5c(cccc35)-c3ccc(N(c5ccccc5)c5ccc6c(c5)oc5ccccc56)cc3O4)c2)cc1. The Morgan fingerprint density at radius 1 is 0.347 bits per heavy atom. The molecule has 8 aromatic carbocycles. The van der Waals surface area contributed by atoms with Gasteiger partial charge >= 0.3 is 0 Å². The predicted octanol–water partition coefficient (Wildman–Crippen LogP) is 13.3. The van der Waals surface area contributed by atoms with Crippen molar-refractivity contribution in [1.29, 1.82) is 0 Å². The number of fused-ring (bicyclic) bond motifs is 5. The van der Waals surface area contributed by atoms with Gasteiger partial charge in [-0.05, 0) is 87.8 Å². The second kappa shape index (κ2) is 11.0. The highest BCUT2D eigenvalue weighted by Crippen LogP contribution is 2.50.